The molecule has 2 saturated heterocycles. The Morgan fingerprint density at radius 3 is 1.39 bits per heavy atom. The standard InChI is InChI=1S/C40H53NO7.C35H49BNO9.CH2O/c1-23-28(48-36(43)33(46-9)32(26-16-12-10-13-17-26)41-27-18-14-11-15-19-27)21-40(44)25(3)34-38(6)22-47-29(38)20-30(45-8)39(34,7)35(42)24(2)31(23)37(40,4)5;1-19-22(46-31(40)28(44-9)26(37-36-18-38)21-13-11-10-12-14-21)16-35(41)20(2)29-33(5)17-45-23(33)15-24(42-7)34(29,6)30(39)27(43-8)25(19)32(35,3)4;1-2/h10-19,24-25,28-30,32-34,41,44H,20-22H2,1-9H3;10-14,18,20,22-24,26-29,37,41H,15-17H2,1-9H3;1H2/t24-,25+,28+,29-,30+,32+,33-,34-,38-,39-,40-;20-,22-,23+,24-,26-,27+,28+,29+,33+,34+,35+;/m10./s1. The molecule has 19 nitrogen and oxygen atoms in total. The number of hydrogen-bond acceptors (Lipinski definition) is 19. The van der Waals surface area contributed by atoms with Crippen LogP contribution in [0.25, 0.3) is 0 Å². The minimum absolute atomic E-state index is 0.0549. The van der Waals surface area contributed by atoms with Gasteiger partial charge in [-0.05, 0) is 96.9 Å². The monoisotopic (exact) mass is 1330 g/mol. The largest absolute Gasteiger partial charge is 0.456 e. The van der Waals surface area contributed by atoms with Gasteiger partial charge >= 0.3 is 11.9 Å². The Labute approximate surface area is 568 Å². The number of fused-ring (bicyclic) bond motifs is 10. The summed E-state index contributed by atoms with van der Waals surface area (Å²) < 4.78 is 54.6. The lowest BCUT2D eigenvalue weighted by Crippen LogP contribution is -2.75. The molecule has 22 atom stereocenters. The van der Waals surface area contributed by atoms with Crippen molar-refractivity contribution in [1.82, 2.24) is 5.23 Å². The van der Waals surface area contributed by atoms with Crippen molar-refractivity contribution >= 4 is 49.6 Å². The molecular weight excluding hydrogens is 1220 g/mol. The Bertz CT molecular complexity index is 3390. The summed E-state index contributed by atoms with van der Waals surface area (Å²) in [5.74, 6) is -3.03. The molecule has 0 spiro atoms. The molecule has 2 heterocycles. The zero-order valence-corrected chi connectivity index (χ0v) is 59.5. The Morgan fingerprint density at radius 2 is 0.990 bits per heavy atom. The highest BCUT2D eigenvalue weighted by atomic mass is 16.6. The van der Waals surface area contributed by atoms with E-state index in [1.807, 2.05) is 160 Å². The fourth-order valence-electron chi connectivity index (χ4n) is 20.5. The number of carbonyl (C=O) groups excluding carboxylic acids is 6. The number of ether oxygens (including phenoxy) is 9. The summed E-state index contributed by atoms with van der Waals surface area (Å²) in [7, 11) is 8.96. The predicted molar refractivity (Wildman–Crippen MR) is 363 cm³/mol. The normalized spacial score (nSPS) is 38.1. The number of hydrogen-bond donors (Lipinski definition) is 4. The first-order chi connectivity index (χ1) is 45.3. The van der Waals surface area contributed by atoms with Gasteiger partial charge in [-0.2, -0.15) is 0 Å². The number of Topliss-reactive ketones (excluding diaryl/α,β-unsaturated/α-hetero) is 2. The summed E-state index contributed by atoms with van der Waals surface area (Å²) in [6.45, 7) is 29.3. The minimum Gasteiger partial charge on any atom is -0.456 e. The first-order valence-electron chi connectivity index (χ1n) is 33.8. The van der Waals surface area contributed by atoms with Crippen LogP contribution in [0.1, 0.15) is 139 Å². The van der Waals surface area contributed by atoms with E-state index in [9.17, 15) is 34.2 Å². The summed E-state index contributed by atoms with van der Waals surface area (Å²) in [5, 5.41) is 32.7. The minimum atomic E-state index is -1.42. The zero-order valence-electron chi connectivity index (χ0n) is 59.5. The van der Waals surface area contributed by atoms with E-state index in [1.165, 1.54) is 28.7 Å². The average molecular weight is 1330 g/mol. The number of aliphatic hydroxyl groups is 2. The molecule has 6 aliphatic carbocycles. The van der Waals surface area contributed by atoms with Crippen molar-refractivity contribution in [2.24, 2.45) is 62.1 Å². The number of ketones is 2. The third-order valence-electron chi connectivity index (χ3n) is 25.4. The van der Waals surface area contributed by atoms with Crippen molar-refractivity contribution in [1.29, 1.82) is 0 Å². The summed E-state index contributed by atoms with van der Waals surface area (Å²) in [6.07, 6.45) is -3.55. The molecule has 0 amide bonds. The highest BCUT2D eigenvalue weighted by molar-refractivity contribution is 6.64. The van der Waals surface area contributed by atoms with Gasteiger partial charge in [0.05, 0.1) is 77.9 Å². The molecule has 11 rings (SSSR count). The number of esters is 2. The quantitative estimate of drug-likeness (QED) is 0.0400. The van der Waals surface area contributed by atoms with Gasteiger partial charge in [-0.25, -0.2) is 9.59 Å². The van der Waals surface area contributed by atoms with Gasteiger partial charge in [-0.3, -0.25) is 9.59 Å². The van der Waals surface area contributed by atoms with Gasteiger partial charge in [0.2, 0.25) is 0 Å². The Hall–Kier alpha value is -5.78. The van der Waals surface area contributed by atoms with Crippen molar-refractivity contribution in [2.75, 3.05) is 54.1 Å². The lowest BCUT2D eigenvalue weighted by molar-refractivity contribution is -0.305. The fourth-order valence-corrected chi connectivity index (χ4v) is 20.5. The molecule has 2 aliphatic heterocycles. The molecule has 4 bridgehead atoms. The van der Waals surface area contributed by atoms with Gasteiger partial charge in [0, 0.05) is 94.5 Å². The molecule has 3 aromatic rings. The van der Waals surface area contributed by atoms with E-state index < -0.39 is 105 Å². The summed E-state index contributed by atoms with van der Waals surface area (Å²) >= 11 is 0. The average Bonchev–Trinajstić information content (AvgIpc) is 0.681. The van der Waals surface area contributed by atoms with Crippen LogP contribution in [0.15, 0.2) is 113 Å². The van der Waals surface area contributed by atoms with Crippen LogP contribution >= 0.6 is 0 Å². The van der Waals surface area contributed by atoms with Crippen LogP contribution in [-0.4, -0.2) is 169 Å². The fraction of sp³-hybridized carbons (Fsp3) is 0.632. The Kier molecular flexibility index (Phi) is 21.8. The molecule has 20 heteroatoms. The third kappa shape index (κ3) is 11.6. The number of nitrogens with one attached hydrogen (secondary N) is 2. The number of methoxy groups -OCH3 is 5. The first kappa shape index (κ1) is 74.4. The van der Waals surface area contributed by atoms with Crippen molar-refractivity contribution in [3.05, 3.63) is 124 Å². The summed E-state index contributed by atoms with van der Waals surface area (Å²) in [5.41, 5.74) is -1.54. The van der Waals surface area contributed by atoms with E-state index in [2.05, 4.69) is 38.2 Å². The summed E-state index contributed by atoms with van der Waals surface area (Å²) in [4.78, 5) is 77.4. The third-order valence-corrected chi connectivity index (χ3v) is 25.4. The molecular formula is C76H104BN2O17. The maximum atomic E-state index is 15.0. The second-order valence-electron chi connectivity index (χ2n) is 30.3. The lowest BCUT2D eigenvalue weighted by Gasteiger charge is -2.69. The van der Waals surface area contributed by atoms with Crippen molar-refractivity contribution in [3.63, 3.8) is 0 Å². The van der Waals surface area contributed by atoms with Crippen molar-refractivity contribution in [3.8, 4) is 0 Å². The van der Waals surface area contributed by atoms with Crippen LogP contribution in [0, 0.1) is 62.1 Å². The van der Waals surface area contributed by atoms with E-state index in [1.54, 1.807) is 14.2 Å². The molecule has 4 saturated carbocycles. The predicted octanol–water partition coefficient (Wildman–Crippen LogP) is 9.57. The number of benzene rings is 3. The number of carbonyl (C=O) groups is 6. The van der Waals surface area contributed by atoms with E-state index in [0.29, 0.717) is 43.4 Å². The SMILES string of the molecule is C=O.CO[C@H]1C(=O)[C@]2(C)[C@@H](OC)C[C@H]3OC[C@@]3(C)[C@H]2[C@H](C)[C@]2(O)C[C@H](OC(=O)[C@H](OC)[C@@H](N[B]C=O)c3ccccc3)C(C)=C1C2(C)C.CO[C@H]1C[C@H]2OC[C@@]2(C)[C@H]2[C@H](C)[C@]3(O)C[C@H](OC(=O)[C@H](OC)[C@@H](Nc4ccccc4)c4ccccc4)C(C)=C([C@@H](C)C(=O)[C@]12C)C3(C)C. The van der Waals surface area contributed by atoms with Crippen molar-refractivity contribution in [2.45, 2.75) is 194 Å². The molecule has 0 unspecified atom stereocenters. The highest BCUT2D eigenvalue weighted by Gasteiger charge is 2.75. The van der Waals surface area contributed by atoms with Crippen LogP contribution in [0.5, 0.6) is 0 Å². The van der Waals surface area contributed by atoms with Crippen LogP contribution < -0.4 is 10.5 Å². The number of anilines is 1. The molecule has 8 aliphatic rings. The van der Waals surface area contributed by atoms with Crippen LogP contribution in [0.3, 0.4) is 0 Å². The molecule has 1 radical (unpaired) electrons. The van der Waals surface area contributed by atoms with Crippen molar-refractivity contribution < 1.29 is 81.6 Å². The number of rotatable bonds is 18. The smallest absolute Gasteiger partial charge is 0.338 e. The van der Waals surface area contributed by atoms with Gasteiger partial charge in [0.25, 0.3) is 7.41 Å². The molecule has 3 aromatic carbocycles. The molecule has 523 valence electrons. The Balaban J connectivity index is 0.000000220. The second-order valence-corrected chi connectivity index (χ2v) is 30.3. The van der Waals surface area contributed by atoms with Crippen LogP contribution in [-0.2, 0) is 71.4 Å². The molecule has 6 fully saturated rings. The topological polar surface area (TPSA) is 250 Å². The highest BCUT2D eigenvalue weighted by Crippen LogP contribution is 2.70. The maximum absolute atomic E-state index is 15.0. The summed E-state index contributed by atoms with van der Waals surface area (Å²) in [6, 6.07) is 27.3. The molecule has 0 aromatic heterocycles. The van der Waals surface area contributed by atoms with E-state index >= 15 is 0 Å². The first-order valence-corrected chi connectivity index (χ1v) is 33.8. The Morgan fingerprint density at radius 1 is 0.594 bits per heavy atom. The van der Waals surface area contributed by atoms with Crippen LogP contribution in [0.2, 0.25) is 0 Å². The molecule has 4 N–H and O–H groups in total. The van der Waals surface area contributed by atoms with Gasteiger partial charge < -0.3 is 73.0 Å². The molecule has 96 heavy (non-hydrogen) atoms. The lowest BCUT2D eigenvalue weighted by atomic mass is 9.40. The second kappa shape index (κ2) is 28.1. The van der Waals surface area contributed by atoms with Gasteiger partial charge in [0.15, 0.2) is 18.0 Å². The van der Waals surface area contributed by atoms with Crippen LogP contribution in [0.4, 0.5) is 5.69 Å². The van der Waals surface area contributed by atoms with Gasteiger partial charge in [0.1, 0.15) is 30.9 Å². The zero-order chi connectivity index (χ0) is 70.6. The maximum Gasteiger partial charge on any atom is 0.338 e. The van der Waals surface area contributed by atoms with E-state index in [-0.39, 0.29) is 71.3 Å². The van der Waals surface area contributed by atoms with Gasteiger partial charge in [-0.1, -0.05) is 141 Å². The van der Waals surface area contributed by atoms with Gasteiger partial charge in [-0.15, -0.1) is 0 Å². The van der Waals surface area contributed by atoms with E-state index in [4.69, 9.17) is 47.4 Å². The van der Waals surface area contributed by atoms with E-state index in [0.717, 1.165) is 28.0 Å². The number of para-hydroxylation sites is 1.